The Hall–Kier alpha value is -1.89. The second-order valence-electron chi connectivity index (χ2n) is 4.58. The first-order valence-electron chi connectivity index (χ1n) is 6.26. The van der Waals surface area contributed by atoms with Crippen molar-refractivity contribution in [2.24, 2.45) is 0 Å². The zero-order chi connectivity index (χ0) is 15.6. The molecule has 0 radical (unpaired) electrons. The third-order valence-electron chi connectivity index (χ3n) is 2.95. The molecule has 1 heterocycles. The smallest absolute Gasteiger partial charge is 0.313 e. The number of benzene rings is 1. The number of allylic oxidation sites excluding steroid dienone is 1. The predicted molar refractivity (Wildman–Crippen MR) is 77.5 cm³/mol. The van der Waals surface area contributed by atoms with Crippen LogP contribution in [0.5, 0.6) is 0 Å². The average Bonchev–Trinajstić information content (AvgIpc) is 2.75. The van der Waals surface area contributed by atoms with Crippen molar-refractivity contribution in [3.8, 4) is 0 Å². The Morgan fingerprint density at radius 2 is 2.29 bits per heavy atom. The number of carboxylic acids is 1. The normalized spacial score (nSPS) is 12.5. The number of rotatable bonds is 6. The molecule has 112 valence electrons. The van der Waals surface area contributed by atoms with E-state index in [1.165, 1.54) is 6.07 Å². The van der Waals surface area contributed by atoms with E-state index in [4.69, 9.17) is 5.11 Å². The molecule has 4 nitrogen and oxygen atoms in total. The van der Waals surface area contributed by atoms with Crippen molar-refractivity contribution in [1.82, 2.24) is 9.55 Å². The number of hydrogen-bond donors (Lipinski definition) is 1. The molecular weight excluding hydrogens is 298 g/mol. The fourth-order valence-electron chi connectivity index (χ4n) is 2.10. The highest BCUT2D eigenvalue weighted by Crippen LogP contribution is 2.31. The van der Waals surface area contributed by atoms with Gasteiger partial charge in [-0.25, -0.2) is 13.8 Å². The summed E-state index contributed by atoms with van der Waals surface area (Å²) in [6, 6.07) is 1.84. The van der Waals surface area contributed by atoms with E-state index < -0.39 is 17.6 Å². The molecule has 1 atom stereocenters. The number of thioether (sulfide) groups is 1. The fourth-order valence-corrected chi connectivity index (χ4v) is 2.93. The molecule has 1 N–H and O–H groups in total. The summed E-state index contributed by atoms with van der Waals surface area (Å²) in [6.07, 6.45) is 2.27. The van der Waals surface area contributed by atoms with Crippen LogP contribution >= 0.6 is 11.8 Å². The van der Waals surface area contributed by atoms with Gasteiger partial charge in [0, 0.05) is 18.2 Å². The lowest BCUT2D eigenvalue weighted by atomic mass is 10.2. The molecule has 0 spiro atoms. The molecule has 0 aliphatic heterocycles. The Balaban J connectivity index is 2.59. The van der Waals surface area contributed by atoms with Crippen LogP contribution in [0.1, 0.15) is 19.4 Å². The van der Waals surface area contributed by atoms with Crippen molar-refractivity contribution in [2.45, 2.75) is 24.5 Å². The quantitative estimate of drug-likeness (QED) is 0.654. The van der Waals surface area contributed by atoms with Crippen LogP contribution in [0.25, 0.3) is 11.0 Å². The minimum absolute atomic E-state index is 0.0419. The van der Waals surface area contributed by atoms with E-state index >= 15 is 0 Å². The van der Waals surface area contributed by atoms with Crippen LogP contribution in [0.15, 0.2) is 29.9 Å². The molecule has 0 saturated carbocycles. The van der Waals surface area contributed by atoms with Gasteiger partial charge in [-0.1, -0.05) is 17.8 Å². The van der Waals surface area contributed by atoms with Gasteiger partial charge in [-0.2, -0.15) is 0 Å². The molecule has 1 unspecified atom stereocenters. The van der Waals surface area contributed by atoms with Crippen molar-refractivity contribution in [1.29, 1.82) is 0 Å². The van der Waals surface area contributed by atoms with E-state index in [0.717, 1.165) is 17.8 Å². The van der Waals surface area contributed by atoms with Crippen LogP contribution in [0.4, 0.5) is 8.78 Å². The SMILES string of the molecule is C=CCC(C)n1c(SCC(=O)O)nc2c(F)cc(F)cc21. The van der Waals surface area contributed by atoms with Gasteiger partial charge in [-0.3, -0.25) is 4.79 Å². The van der Waals surface area contributed by atoms with Crippen molar-refractivity contribution < 1.29 is 18.7 Å². The summed E-state index contributed by atoms with van der Waals surface area (Å²) in [4.78, 5) is 14.8. The summed E-state index contributed by atoms with van der Waals surface area (Å²) < 4.78 is 28.9. The van der Waals surface area contributed by atoms with Crippen LogP contribution in [-0.4, -0.2) is 26.4 Å². The first-order valence-corrected chi connectivity index (χ1v) is 7.25. The first-order chi connectivity index (χ1) is 9.93. The number of nitrogens with zero attached hydrogens (tertiary/aromatic N) is 2. The molecule has 0 aliphatic carbocycles. The van der Waals surface area contributed by atoms with Gasteiger partial charge in [0.15, 0.2) is 11.0 Å². The van der Waals surface area contributed by atoms with Crippen LogP contribution < -0.4 is 0 Å². The first kappa shape index (κ1) is 15.5. The summed E-state index contributed by atoms with van der Waals surface area (Å²) in [6.45, 7) is 5.50. The maximum Gasteiger partial charge on any atom is 0.313 e. The third-order valence-corrected chi connectivity index (χ3v) is 3.89. The second kappa shape index (κ2) is 6.26. The molecule has 1 aromatic heterocycles. The summed E-state index contributed by atoms with van der Waals surface area (Å²) >= 11 is 0.979. The van der Waals surface area contributed by atoms with Crippen LogP contribution in [0.3, 0.4) is 0 Å². The number of carbonyl (C=O) groups is 1. The van der Waals surface area contributed by atoms with E-state index in [1.54, 1.807) is 10.6 Å². The highest BCUT2D eigenvalue weighted by atomic mass is 32.2. The number of carboxylic acid groups (broad SMARTS) is 1. The molecule has 0 amide bonds. The molecule has 1 aromatic carbocycles. The summed E-state index contributed by atoms with van der Waals surface area (Å²) in [7, 11) is 0. The Morgan fingerprint density at radius 3 is 2.90 bits per heavy atom. The number of fused-ring (bicyclic) bond motifs is 1. The van der Waals surface area contributed by atoms with E-state index in [1.807, 2.05) is 6.92 Å². The lowest BCUT2D eigenvalue weighted by Crippen LogP contribution is -2.07. The minimum Gasteiger partial charge on any atom is -0.481 e. The van der Waals surface area contributed by atoms with E-state index in [9.17, 15) is 13.6 Å². The number of hydrogen-bond acceptors (Lipinski definition) is 3. The Morgan fingerprint density at radius 1 is 1.57 bits per heavy atom. The maximum absolute atomic E-state index is 13.8. The van der Waals surface area contributed by atoms with Crippen LogP contribution in [0, 0.1) is 11.6 Å². The summed E-state index contributed by atoms with van der Waals surface area (Å²) in [5, 5.41) is 9.13. The highest BCUT2D eigenvalue weighted by Gasteiger charge is 2.19. The van der Waals surface area contributed by atoms with Gasteiger partial charge in [0.05, 0.1) is 11.3 Å². The minimum atomic E-state index is -0.998. The molecule has 2 aromatic rings. The number of aliphatic carboxylic acids is 1. The number of aromatic nitrogens is 2. The molecule has 0 saturated heterocycles. The monoisotopic (exact) mass is 312 g/mol. The number of imidazole rings is 1. The zero-order valence-electron chi connectivity index (χ0n) is 11.3. The van der Waals surface area contributed by atoms with Gasteiger partial charge in [-0.15, -0.1) is 6.58 Å². The molecular formula is C14H14F2N2O2S. The second-order valence-corrected chi connectivity index (χ2v) is 5.52. The largest absolute Gasteiger partial charge is 0.481 e. The lowest BCUT2D eigenvalue weighted by molar-refractivity contribution is -0.133. The van der Waals surface area contributed by atoms with Gasteiger partial charge in [0.1, 0.15) is 11.3 Å². The molecule has 21 heavy (non-hydrogen) atoms. The maximum atomic E-state index is 13.8. The van der Waals surface area contributed by atoms with Gasteiger partial charge < -0.3 is 9.67 Å². The molecule has 0 bridgehead atoms. The van der Waals surface area contributed by atoms with Crippen LogP contribution in [0.2, 0.25) is 0 Å². The van der Waals surface area contributed by atoms with Crippen molar-refractivity contribution >= 4 is 28.8 Å². The van der Waals surface area contributed by atoms with Crippen molar-refractivity contribution in [3.63, 3.8) is 0 Å². The van der Waals surface area contributed by atoms with Gasteiger partial charge in [0.2, 0.25) is 0 Å². The van der Waals surface area contributed by atoms with Gasteiger partial charge >= 0.3 is 5.97 Å². The van der Waals surface area contributed by atoms with Gasteiger partial charge in [-0.05, 0) is 13.3 Å². The Labute approximate surface area is 124 Å². The molecule has 0 aliphatic rings. The topological polar surface area (TPSA) is 55.1 Å². The average molecular weight is 312 g/mol. The van der Waals surface area contributed by atoms with E-state index in [0.29, 0.717) is 17.1 Å². The van der Waals surface area contributed by atoms with E-state index in [2.05, 4.69) is 11.6 Å². The Kier molecular flexibility index (Phi) is 4.62. The fraction of sp³-hybridized carbons (Fsp3) is 0.286. The standard InChI is InChI=1S/C14H14F2N2O2S/c1-3-4-8(2)18-11-6-9(15)5-10(16)13(11)17-14(18)21-7-12(19)20/h3,5-6,8H,1,4,7H2,2H3,(H,19,20). The predicted octanol–water partition coefficient (Wildman–Crippen LogP) is 3.63. The highest BCUT2D eigenvalue weighted by molar-refractivity contribution is 7.99. The van der Waals surface area contributed by atoms with Gasteiger partial charge in [0.25, 0.3) is 0 Å². The zero-order valence-corrected chi connectivity index (χ0v) is 12.2. The Bertz CT molecular complexity index is 700. The van der Waals surface area contributed by atoms with Crippen LogP contribution in [-0.2, 0) is 4.79 Å². The molecule has 0 fully saturated rings. The number of halogens is 2. The van der Waals surface area contributed by atoms with Crippen molar-refractivity contribution in [2.75, 3.05) is 5.75 Å². The summed E-state index contributed by atoms with van der Waals surface area (Å²) in [5.74, 6) is -2.65. The molecule has 2 rings (SSSR count). The lowest BCUT2D eigenvalue weighted by Gasteiger charge is -2.15. The van der Waals surface area contributed by atoms with Crippen molar-refractivity contribution in [3.05, 3.63) is 36.4 Å². The molecule has 7 heteroatoms. The van der Waals surface area contributed by atoms with E-state index in [-0.39, 0.29) is 17.3 Å². The third kappa shape index (κ3) is 3.24. The summed E-state index contributed by atoms with van der Waals surface area (Å²) in [5.41, 5.74) is 0.356.